The van der Waals surface area contributed by atoms with Gasteiger partial charge in [-0.3, -0.25) is 0 Å². The minimum atomic E-state index is -0.282. The maximum Gasteiger partial charge on any atom is 0.144 e. The SMILES string of the molecule is CC(C)(CCN1CCCCc2ccccc21)C(N)=NO. The Kier molecular flexibility index (Phi) is 4.53. The number of benzene rings is 1. The number of oxime groups is 1. The van der Waals surface area contributed by atoms with E-state index in [0.717, 1.165) is 25.9 Å². The quantitative estimate of drug-likeness (QED) is 0.384. The summed E-state index contributed by atoms with van der Waals surface area (Å²) in [7, 11) is 0. The summed E-state index contributed by atoms with van der Waals surface area (Å²) in [5, 5.41) is 12.0. The average molecular weight is 275 g/mol. The normalized spacial score (nSPS) is 16.7. The summed E-state index contributed by atoms with van der Waals surface area (Å²) in [5.41, 5.74) is 8.28. The highest BCUT2D eigenvalue weighted by atomic mass is 16.4. The number of hydrogen-bond donors (Lipinski definition) is 2. The van der Waals surface area contributed by atoms with E-state index >= 15 is 0 Å². The highest BCUT2D eigenvalue weighted by Gasteiger charge is 2.25. The zero-order chi connectivity index (χ0) is 14.6. The highest BCUT2D eigenvalue weighted by Crippen LogP contribution is 2.28. The Labute approximate surface area is 121 Å². The molecule has 1 aromatic carbocycles. The molecule has 1 heterocycles. The molecule has 0 fully saturated rings. The molecule has 0 aliphatic carbocycles. The largest absolute Gasteiger partial charge is 0.409 e. The van der Waals surface area contributed by atoms with Crippen molar-refractivity contribution in [1.82, 2.24) is 0 Å². The summed E-state index contributed by atoms with van der Waals surface area (Å²) < 4.78 is 0. The molecule has 1 aliphatic heterocycles. The fourth-order valence-corrected chi connectivity index (χ4v) is 2.68. The predicted molar refractivity (Wildman–Crippen MR) is 83.4 cm³/mol. The van der Waals surface area contributed by atoms with Gasteiger partial charge in [-0.2, -0.15) is 0 Å². The van der Waals surface area contributed by atoms with E-state index in [1.165, 1.54) is 24.1 Å². The topological polar surface area (TPSA) is 61.8 Å². The first-order chi connectivity index (χ1) is 9.54. The molecule has 0 spiro atoms. The van der Waals surface area contributed by atoms with Crippen molar-refractivity contribution in [2.24, 2.45) is 16.3 Å². The van der Waals surface area contributed by atoms with Gasteiger partial charge < -0.3 is 15.8 Å². The number of para-hydroxylation sites is 1. The van der Waals surface area contributed by atoms with Crippen LogP contribution >= 0.6 is 0 Å². The molecule has 0 radical (unpaired) electrons. The molecule has 1 aliphatic rings. The van der Waals surface area contributed by atoms with Gasteiger partial charge in [0.1, 0.15) is 5.84 Å². The second kappa shape index (κ2) is 6.16. The Morgan fingerprint density at radius 1 is 1.35 bits per heavy atom. The minimum absolute atomic E-state index is 0.282. The van der Waals surface area contributed by atoms with Gasteiger partial charge in [0.2, 0.25) is 0 Å². The van der Waals surface area contributed by atoms with Gasteiger partial charge in [-0.25, -0.2) is 0 Å². The minimum Gasteiger partial charge on any atom is -0.409 e. The third-order valence-corrected chi connectivity index (χ3v) is 4.26. The van der Waals surface area contributed by atoms with Gasteiger partial charge in [-0.15, -0.1) is 0 Å². The third-order valence-electron chi connectivity index (χ3n) is 4.26. The summed E-state index contributed by atoms with van der Waals surface area (Å²) in [6, 6.07) is 8.65. The van der Waals surface area contributed by atoms with Gasteiger partial charge in [0.15, 0.2) is 0 Å². The molecular weight excluding hydrogens is 250 g/mol. The van der Waals surface area contributed by atoms with Crippen LogP contribution in [0.4, 0.5) is 5.69 Å². The first kappa shape index (κ1) is 14.7. The molecule has 0 atom stereocenters. The zero-order valence-electron chi connectivity index (χ0n) is 12.5. The van der Waals surface area contributed by atoms with Gasteiger partial charge in [-0.1, -0.05) is 37.2 Å². The Balaban J connectivity index is 2.10. The van der Waals surface area contributed by atoms with E-state index in [9.17, 15) is 0 Å². The zero-order valence-corrected chi connectivity index (χ0v) is 12.5. The molecule has 20 heavy (non-hydrogen) atoms. The van der Waals surface area contributed by atoms with Crippen LogP contribution in [0.5, 0.6) is 0 Å². The van der Waals surface area contributed by atoms with E-state index in [1.807, 2.05) is 13.8 Å². The molecule has 4 heteroatoms. The molecule has 0 amide bonds. The van der Waals surface area contributed by atoms with Gasteiger partial charge in [-0.05, 0) is 37.3 Å². The standard InChI is InChI=1S/C16H25N3O/c1-16(2,15(17)18-20)10-12-19-11-6-5-8-13-7-3-4-9-14(13)19/h3-4,7,9,20H,5-6,8,10-12H2,1-2H3,(H2,17,18). The second-order valence-electron chi connectivity index (χ2n) is 6.19. The molecule has 2 rings (SSSR count). The van der Waals surface area contributed by atoms with Crippen molar-refractivity contribution in [2.45, 2.75) is 39.5 Å². The number of nitrogens with two attached hydrogens (primary N) is 1. The van der Waals surface area contributed by atoms with Crippen LogP contribution in [0.25, 0.3) is 0 Å². The summed E-state index contributed by atoms with van der Waals surface area (Å²) in [6.45, 7) is 6.06. The van der Waals surface area contributed by atoms with E-state index in [4.69, 9.17) is 10.9 Å². The van der Waals surface area contributed by atoms with Crippen LogP contribution in [0.2, 0.25) is 0 Å². The first-order valence-corrected chi connectivity index (χ1v) is 7.35. The Bertz CT molecular complexity index is 482. The fourth-order valence-electron chi connectivity index (χ4n) is 2.68. The van der Waals surface area contributed by atoms with Gasteiger partial charge >= 0.3 is 0 Å². The molecule has 0 unspecified atom stereocenters. The van der Waals surface area contributed by atoms with Crippen molar-refractivity contribution in [3.05, 3.63) is 29.8 Å². The van der Waals surface area contributed by atoms with Crippen LogP contribution < -0.4 is 10.6 Å². The lowest BCUT2D eigenvalue weighted by molar-refractivity contribution is 0.305. The van der Waals surface area contributed by atoms with Crippen LogP contribution in [0, 0.1) is 5.41 Å². The molecule has 110 valence electrons. The number of fused-ring (bicyclic) bond motifs is 1. The lowest BCUT2D eigenvalue weighted by atomic mass is 9.88. The van der Waals surface area contributed by atoms with Crippen molar-refractivity contribution in [3.8, 4) is 0 Å². The summed E-state index contributed by atoms with van der Waals surface area (Å²) in [5.74, 6) is 0.306. The van der Waals surface area contributed by atoms with Crippen LogP contribution in [0.3, 0.4) is 0 Å². The monoisotopic (exact) mass is 275 g/mol. The predicted octanol–water partition coefficient (Wildman–Crippen LogP) is 2.99. The van der Waals surface area contributed by atoms with Crippen molar-refractivity contribution in [1.29, 1.82) is 0 Å². The van der Waals surface area contributed by atoms with E-state index in [2.05, 4.69) is 34.3 Å². The van der Waals surface area contributed by atoms with Gasteiger partial charge in [0, 0.05) is 24.2 Å². The van der Waals surface area contributed by atoms with Crippen LogP contribution in [-0.2, 0) is 6.42 Å². The van der Waals surface area contributed by atoms with E-state index in [-0.39, 0.29) is 5.41 Å². The van der Waals surface area contributed by atoms with E-state index < -0.39 is 0 Å². The van der Waals surface area contributed by atoms with Crippen molar-refractivity contribution in [2.75, 3.05) is 18.0 Å². The number of hydrogen-bond acceptors (Lipinski definition) is 3. The number of aryl methyl sites for hydroxylation is 1. The molecule has 0 saturated heterocycles. The average Bonchev–Trinajstić information content (AvgIpc) is 2.66. The van der Waals surface area contributed by atoms with Gasteiger partial charge in [0.05, 0.1) is 0 Å². The number of amidine groups is 1. The molecular formula is C16H25N3O. The fraction of sp³-hybridized carbons (Fsp3) is 0.562. The number of nitrogens with zero attached hydrogens (tertiary/aromatic N) is 2. The maximum absolute atomic E-state index is 8.86. The number of rotatable bonds is 4. The van der Waals surface area contributed by atoms with Gasteiger partial charge in [0.25, 0.3) is 0 Å². The molecule has 0 saturated carbocycles. The lowest BCUT2D eigenvalue weighted by Gasteiger charge is -2.30. The third kappa shape index (κ3) is 3.24. The van der Waals surface area contributed by atoms with Crippen molar-refractivity contribution in [3.63, 3.8) is 0 Å². The summed E-state index contributed by atoms with van der Waals surface area (Å²) in [4.78, 5) is 2.44. The van der Waals surface area contributed by atoms with Crippen molar-refractivity contribution >= 4 is 11.5 Å². The molecule has 4 nitrogen and oxygen atoms in total. The van der Waals surface area contributed by atoms with E-state index in [0.29, 0.717) is 5.84 Å². The van der Waals surface area contributed by atoms with E-state index in [1.54, 1.807) is 0 Å². The maximum atomic E-state index is 8.86. The first-order valence-electron chi connectivity index (χ1n) is 7.35. The second-order valence-corrected chi connectivity index (χ2v) is 6.19. The Morgan fingerprint density at radius 3 is 2.85 bits per heavy atom. The molecule has 0 bridgehead atoms. The number of anilines is 1. The Hall–Kier alpha value is -1.71. The lowest BCUT2D eigenvalue weighted by Crippen LogP contribution is -2.36. The summed E-state index contributed by atoms with van der Waals surface area (Å²) in [6.07, 6.45) is 4.50. The van der Waals surface area contributed by atoms with Crippen LogP contribution in [0.1, 0.15) is 38.7 Å². The van der Waals surface area contributed by atoms with Crippen LogP contribution in [-0.4, -0.2) is 24.1 Å². The molecule has 3 N–H and O–H groups in total. The van der Waals surface area contributed by atoms with Crippen LogP contribution in [0.15, 0.2) is 29.4 Å². The smallest absolute Gasteiger partial charge is 0.144 e. The van der Waals surface area contributed by atoms with Crippen molar-refractivity contribution < 1.29 is 5.21 Å². The Morgan fingerprint density at radius 2 is 2.10 bits per heavy atom. The molecule has 0 aromatic heterocycles. The summed E-state index contributed by atoms with van der Waals surface area (Å²) >= 11 is 0. The highest BCUT2D eigenvalue weighted by molar-refractivity contribution is 5.85. The molecule has 1 aromatic rings.